The van der Waals surface area contributed by atoms with Gasteiger partial charge in [-0.25, -0.2) is 4.90 Å². The lowest BCUT2D eigenvalue weighted by Gasteiger charge is -2.32. The molecule has 0 radical (unpaired) electrons. The lowest BCUT2D eigenvalue weighted by Crippen LogP contribution is -3.13. The van der Waals surface area contributed by atoms with E-state index in [-0.39, 0.29) is 16.6 Å². The number of piperazine rings is 1. The highest BCUT2D eigenvalue weighted by molar-refractivity contribution is 6.53. The summed E-state index contributed by atoms with van der Waals surface area (Å²) >= 11 is 12.2. The number of carbonyl (C=O) groups is 3. The highest BCUT2D eigenvalue weighted by Gasteiger charge is 2.39. The number of anilines is 2. The van der Waals surface area contributed by atoms with Gasteiger partial charge in [-0.2, -0.15) is 0 Å². The van der Waals surface area contributed by atoms with Crippen molar-refractivity contribution in [2.75, 3.05) is 36.4 Å². The summed E-state index contributed by atoms with van der Waals surface area (Å²) in [6.07, 6.45) is 0. The summed E-state index contributed by atoms with van der Waals surface area (Å²) in [5, 5.41) is 3.30. The quantitative estimate of drug-likeness (QED) is 0.460. The molecule has 9 heteroatoms. The van der Waals surface area contributed by atoms with Gasteiger partial charge in [-0.05, 0) is 48.9 Å². The number of halogens is 2. The first-order valence-corrected chi connectivity index (χ1v) is 13.2. The zero-order chi connectivity index (χ0) is 26.8. The van der Waals surface area contributed by atoms with Crippen molar-refractivity contribution in [3.8, 4) is 0 Å². The molecule has 0 bridgehead atoms. The molecule has 3 amide bonds. The second-order valence-corrected chi connectivity index (χ2v) is 10.3. The maximum Gasteiger partial charge on any atom is 0.283 e. The van der Waals surface area contributed by atoms with E-state index in [9.17, 15) is 14.4 Å². The van der Waals surface area contributed by atoms with Crippen molar-refractivity contribution in [1.29, 1.82) is 0 Å². The molecule has 3 aromatic carbocycles. The van der Waals surface area contributed by atoms with E-state index >= 15 is 0 Å². The van der Waals surface area contributed by atoms with Crippen LogP contribution in [0, 0.1) is 6.92 Å². The van der Waals surface area contributed by atoms with E-state index in [1.54, 1.807) is 36.4 Å². The first-order chi connectivity index (χ1) is 18.3. The maximum absolute atomic E-state index is 13.3. The second kappa shape index (κ2) is 11.0. The number of hydrogen-bond acceptors (Lipinski definition) is 4. The van der Waals surface area contributed by atoms with Gasteiger partial charge in [0.15, 0.2) is 0 Å². The molecular weight excluding hydrogens is 523 g/mol. The number of imide groups is 1. The van der Waals surface area contributed by atoms with Crippen LogP contribution in [-0.2, 0) is 16.1 Å². The van der Waals surface area contributed by atoms with E-state index in [0.29, 0.717) is 35.1 Å². The van der Waals surface area contributed by atoms with Crippen molar-refractivity contribution >= 4 is 52.3 Å². The number of quaternary nitrogens is 1. The Bertz CT molecular complexity index is 1420. The first kappa shape index (κ1) is 26.0. The molecule has 38 heavy (non-hydrogen) atoms. The van der Waals surface area contributed by atoms with Gasteiger partial charge in [0.1, 0.15) is 17.3 Å². The predicted molar refractivity (Wildman–Crippen MR) is 148 cm³/mol. The molecule has 5 rings (SSSR count). The summed E-state index contributed by atoms with van der Waals surface area (Å²) in [5.74, 6) is -1.26. The van der Waals surface area contributed by atoms with Crippen LogP contribution in [0.25, 0.3) is 0 Å². The predicted octanol–water partition coefficient (Wildman–Crippen LogP) is 3.63. The Morgan fingerprint density at radius 2 is 1.61 bits per heavy atom. The highest BCUT2D eigenvalue weighted by Crippen LogP contribution is 2.31. The molecule has 2 heterocycles. The summed E-state index contributed by atoms with van der Waals surface area (Å²) in [6.45, 7) is 5.87. The molecule has 2 N–H and O–H groups in total. The molecule has 2 aliphatic rings. The van der Waals surface area contributed by atoms with Gasteiger partial charge in [0.2, 0.25) is 0 Å². The van der Waals surface area contributed by atoms with E-state index in [2.05, 4.69) is 17.4 Å². The van der Waals surface area contributed by atoms with Crippen molar-refractivity contribution < 1.29 is 19.3 Å². The van der Waals surface area contributed by atoms with Crippen molar-refractivity contribution in [3.63, 3.8) is 0 Å². The Kier molecular flexibility index (Phi) is 7.51. The third-order valence-electron chi connectivity index (χ3n) is 6.91. The smallest absolute Gasteiger partial charge is 0.283 e. The molecule has 0 unspecified atom stereocenters. The molecular formula is C29H27Cl2N4O3+. The van der Waals surface area contributed by atoms with Crippen LogP contribution in [-0.4, -0.2) is 48.8 Å². The number of nitrogens with zero attached hydrogens (tertiary/aromatic N) is 2. The average molecular weight is 550 g/mol. The summed E-state index contributed by atoms with van der Waals surface area (Å²) in [6, 6.07) is 22.0. The average Bonchev–Trinajstić information content (AvgIpc) is 3.14. The SMILES string of the molecule is Cc1ccc(C(=O)N2CC[NH+](Cc3ccccc3)CC2)cc1NC1=C(Cl)C(=O)N(c2ccc(Cl)cc2)C1=O. The molecule has 0 aliphatic carbocycles. The Labute approximate surface area is 231 Å². The van der Waals surface area contributed by atoms with Crippen LogP contribution < -0.4 is 15.1 Å². The van der Waals surface area contributed by atoms with Crippen molar-refractivity contribution in [2.24, 2.45) is 0 Å². The fourth-order valence-corrected chi connectivity index (χ4v) is 5.07. The van der Waals surface area contributed by atoms with E-state index in [1.165, 1.54) is 10.5 Å². The van der Waals surface area contributed by atoms with Gasteiger partial charge in [-0.15, -0.1) is 0 Å². The largest absolute Gasteiger partial charge is 0.349 e. The van der Waals surface area contributed by atoms with Crippen LogP contribution in [0.5, 0.6) is 0 Å². The Hall–Kier alpha value is -3.65. The van der Waals surface area contributed by atoms with Crippen LogP contribution in [0.15, 0.2) is 83.5 Å². The van der Waals surface area contributed by atoms with Gasteiger partial charge < -0.3 is 15.1 Å². The molecule has 0 saturated carbocycles. The van der Waals surface area contributed by atoms with Gasteiger partial charge in [0.25, 0.3) is 17.7 Å². The molecule has 194 valence electrons. The minimum atomic E-state index is -0.623. The molecule has 2 aliphatic heterocycles. The number of benzene rings is 3. The lowest BCUT2D eigenvalue weighted by molar-refractivity contribution is -0.917. The topological polar surface area (TPSA) is 74.2 Å². The summed E-state index contributed by atoms with van der Waals surface area (Å²) in [5.41, 5.74) is 3.48. The van der Waals surface area contributed by atoms with Crippen molar-refractivity contribution in [2.45, 2.75) is 13.5 Å². The zero-order valence-corrected chi connectivity index (χ0v) is 22.4. The monoisotopic (exact) mass is 549 g/mol. The lowest BCUT2D eigenvalue weighted by atomic mass is 10.1. The molecule has 0 atom stereocenters. The van der Waals surface area contributed by atoms with Crippen LogP contribution in [0.4, 0.5) is 11.4 Å². The number of amides is 3. The third-order valence-corrected chi connectivity index (χ3v) is 7.51. The van der Waals surface area contributed by atoms with E-state index in [1.807, 2.05) is 36.1 Å². The second-order valence-electron chi connectivity index (χ2n) is 9.47. The van der Waals surface area contributed by atoms with Crippen LogP contribution >= 0.6 is 23.2 Å². The molecule has 3 aromatic rings. The number of nitrogens with one attached hydrogen (secondary N) is 2. The molecule has 0 aromatic heterocycles. The van der Waals surface area contributed by atoms with Crippen LogP contribution in [0.2, 0.25) is 5.02 Å². The number of aryl methyl sites for hydroxylation is 1. The minimum absolute atomic E-state index is 0.0301. The Morgan fingerprint density at radius 1 is 0.921 bits per heavy atom. The fraction of sp³-hybridized carbons (Fsp3) is 0.207. The Morgan fingerprint density at radius 3 is 2.29 bits per heavy atom. The van der Waals surface area contributed by atoms with Crippen LogP contribution in [0.1, 0.15) is 21.5 Å². The standard InChI is InChI=1S/C29H26Cl2N4O3/c1-19-7-8-21(27(36)34-15-13-33(14-16-34)18-20-5-3-2-4-6-20)17-24(19)32-26-25(31)28(37)35(29(26)38)23-11-9-22(30)10-12-23/h2-12,17,32H,13-16,18H2,1H3/p+1. The van der Waals surface area contributed by atoms with Gasteiger partial charge in [-0.1, -0.05) is 59.6 Å². The molecule has 7 nitrogen and oxygen atoms in total. The maximum atomic E-state index is 13.3. The van der Waals surface area contributed by atoms with Crippen molar-refractivity contribution in [1.82, 2.24) is 4.90 Å². The normalized spacial score (nSPS) is 16.4. The minimum Gasteiger partial charge on any atom is -0.349 e. The van der Waals surface area contributed by atoms with E-state index < -0.39 is 11.8 Å². The van der Waals surface area contributed by atoms with Crippen LogP contribution in [0.3, 0.4) is 0 Å². The number of hydrogen-bond donors (Lipinski definition) is 2. The number of rotatable bonds is 6. The first-order valence-electron chi connectivity index (χ1n) is 12.4. The summed E-state index contributed by atoms with van der Waals surface area (Å²) in [7, 11) is 0. The molecule has 0 spiro atoms. The summed E-state index contributed by atoms with van der Waals surface area (Å²) in [4.78, 5) is 43.6. The van der Waals surface area contributed by atoms with Gasteiger partial charge in [-0.3, -0.25) is 14.4 Å². The van der Waals surface area contributed by atoms with E-state index in [0.717, 1.165) is 30.1 Å². The zero-order valence-electron chi connectivity index (χ0n) is 20.8. The van der Waals surface area contributed by atoms with E-state index in [4.69, 9.17) is 23.2 Å². The summed E-state index contributed by atoms with van der Waals surface area (Å²) < 4.78 is 0. The van der Waals surface area contributed by atoms with Gasteiger partial charge in [0, 0.05) is 21.8 Å². The highest BCUT2D eigenvalue weighted by atomic mass is 35.5. The number of carbonyl (C=O) groups excluding carboxylic acids is 3. The Balaban J connectivity index is 1.27. The van der Waals surface area contributed by atoms with Gasteiger partial charge >= 0.3 is 0 Å². The fourth-order valence-electron chi connectivity index (χ4n) is 4.73. The van der Waals surface area contributed by atoms with Gasteiger partial charge in [0.05, 0.1) is 31.9 Å². The van der Waals surface area contributed by atoms with Crippen molar-refractivity contribution in [3.05, 3.63) is 105 Å². The molecule has 1 fully saturated rings. The molecule has 1 saturated heterocycles. The third kappa shape index (κ3) is 5.31.